The Balaban J connectivity index is 2.10. The van der Waals surface area contributed by atoms with E-state index in [0.29, 0.717) is 0 Å². The molecule has 1 fully saturated rings. The average Bonchev–Trinajstić information content (AvgIpc) is 2.99. The first-order valence-electron chi connectivity index (χ1n) is 7.49. The van der Waals surface area contributed by atoms with Crippen molar-refractivity contribution in [2.45, 2.75) is 49.6 Å². The summed E-state index contributed by atoms with van der Waals surface area (Å²) < 4.78 is 32.4. The van der Waals surface area contributed by atoms with E-state index >= 15 is 0 Å². The third kappa shape index (κ3) is 4.59. The normalized spacial score (nSPS) is 17.0. The number of rotatable bonds is 6. The summed E-state index contributed by atoms with van der Waals surface area (Å²) in [7, 11) is -2.55. The second-order valence-corrected chi connectivity index (χ2v) is 7.75. The summed E-state index contributed by atoms with van der Waals surface area (Å²) in [5, 5.41) is 3.14. The fourth-order valence-corrected chi connectivity index (χ4v) is 4.24. The van der Waals surface area contributed by atoms with Crippen LogP contribution in [0, 0.1) is 0 Å². The lowest BCUT2D eigenvalue weighted by Crippen LogP contribution is -2.47. The molecule has 0 aliphatic heterocycles. The molecule has 128 valence electrons. The van der Waals surface area contributed by atoms with E-state index in [0.717, 1.165) is 25.7 Å². The van der Waals surface area contributed by atoms with Gasteiger partial charge < -0.3 is 10.1 Å². The molecule has 2 N–H and O–H groups in total. The van der Waals surface area contributed by atoms with Crippen LogP contribution in [0.4, 0.5) is 0 Å². The summed E-state index contributed by atoms with van der Waals surface area (Å²) in [5.74, 6) is -0.160. The second kappa shape index (κ2) is 7.51. The smallest absolute Gasteiger partial charge is 0.245 e. The van der Waals surface area contributed by atoms with Crippen LogP contribution in [-0.4, -0.2) is 33.5 Å². The quantitative estimate of drug-likeness (QED) is 0.813. The molecule has 0 heterocycles. The van der Waals surface area contributed by atoms with Crippen LogP contribution >= 0.6 is 11.6 Å². The number of ether oxygens (including phenoxy) is 1. The monoisotopic (exact) mass is 360 g/mol. The number of carbonyl (C=O) groups is 1. The average molecular weight is 361 g/mol. The molecule has 1 aromatic carbocycles. The fourth-order valence-electron chi connectivity index (χ4n) is 2.61. The van der Waals surface area contributed by atoms with Crippen LogP contribution in [0.5, 0.6) is 5.75 Å². The van der Waals surface area contributed by atoms with E-state index in [-0.39, 0.29) is 27.6 Å². The van der Waals surface area contributed by atoms with Gasteiger partial charge in [0.05, 0.1) is 13.2 Å². The minimum absolute atomic E-state index is 0.0898. The van der Waals surface area contributed by atoms with E-state index in [1.807, 2.05) is 0 Å². The molecule has 1 aromatic rings. The minimum Gasteiger partial charge on any atom is -0.495 e. The van der Waals surface area contributed by atoms with Gasteiger partial charge in [0.2, 0.25) is 15.9 Å². The zero-order valence-corrected chi connectivity index (χ0v) is 14.7. The van der Waals surface area contributed by atoms with Crippen LogP contribution in [0.1, 0.15) is 32.6 Å². The number of amides is 1. The van der Waals surface area contributed by atoms with Gasteiger partial charge in [-0.2, -0.15) is 4.72 Å². The van der Waals surface area contributed by atoms with Gasteiger partial charge in [0.1, 0.15) is 10.6 Å². The van der Waals surface area contributed by atoms with Gasteiger partial charge in [0.25, 0.3) is 0 Å². The van der Waals surface area contributed by atoms with Gasteiger partial charge in [-0.3, -0.25) is 4.79 Å². The zero-order valence-electron chi connectivity index (χ0n) is 13.1. The highest BCUT2D eigenvalue weighted by Gasteiger charge is 2.27. The number of hydrogen-bond donors (Lipinski definition) is 2. The van der Waals surface area contributed by atoms with E-state index in [9.17, 15) is 13.2 Å². The van der Waals surface area contributed by atoms with Gasteiger partial charge in [-0.25, -0.2) is 8.42 Å². The molecule has 0 unspecified atom stereocenters. The molecule has 0 aromatic heterocycles. The highest BCUT2D eigenvalue weighted by molar-refractivity contribution is 7.89. The minimum atomic E-state index is -3.92. The summed E-state index contributed by atoms with van der Waals surface area (Å²) >= 11 is 5.87. The predicted octanol–water partition coefficient (Wildman–Crippen LogP) is 2.07. The number of halogens is 1. The predicted molar refractivity (Wildman–Crippen MR) is 88.2 cm³/mol. The topological polar surface area (TPSA) is 84.5 Å². The molecule has 0 bridgehead atoms. The molecule has 2 rings (SSSR count). The van der Waals surface area contributed by atoms with E-state index in [2.05, 4.69) is 10.0 Å². The van der Waals surface area contributed by atoms with E-state index in [4.69, 9.17) is 16.3 Å². The molecule has 0 radical (unpaired) electrons. The first-order chi connectivity index (χ1) is 10.8. The Labute approximate surface area is 141 Å². The third-order valence-electron chi connectivity index (χ3n) is 3.84. The lowest BCUT2D eigenvalue weighted by Gasteiger charge is -2.18. The lowest BCUT2D eigenvalue weighted by molar-refractivity contribution is -0.123. The molecule has 23 heavy (non-hydrogen) atoms. The number of methoxy groups -OCH3 is 1. The van der Waals surface area contributed by atoms with Crippen molar-refractivity contribution in [1.82, 2.24) is 10.0 Å². The standard InChI is InChI=1S/C15H21ClN2O4S/c1-10(15(19)17-12-5-3-4-6-12)18-23(20,21)14-9-11(16)7-8-13(14)22-2/h7-10,12,18H,3-6H2,1-2H3,(H,17,19)/t10-/m0/s1. The van der Waals surface area contributed by atoms with Crippen LogP contribution in [0.25, 0.3) is 0 Å². The van der Waals surface area contributed by atoms with Gasteiger partial charge in [-0.15, -0.1) is 0 Å². The third-order valence-corrected chi connectivity index (χ3v) is 5.64. The molecule has 8 heteroatoms. The summed E-state index contributed by atoms with van der Waals surface area (Å²) in [4.78, 5) is 12.0. The van der Waals surface area contributed by atoms with Crippen LogP contribution in [0.15, 0.2) is 23.1 Å². The molecule has 1 saturated carbocycles. The van der Waals surface area contributed by atoms with Crippen LogP contribution in [0.2, 0.25) is 5.02 Å². The van der Waals surface area contributed by atoms with Crippen LogP contribution < -0.4 is 14.8 Å². The fraction of sp³-hybridized carbons (Fsp3) is 0.533. The first kappa shape index (κ1) is 18.0. The van der Waals surface area contributed by atoms with Crippen LogP contribution in [-0.2, 0) is 14.8 Å². The first-order valence-corrected chi connectivity index (χ1v) is 9.36. The van der Waals surface area contributed by atoms with Gasteiger partial charge in [0, 0.05) is 11.1 Å². The van der Waals surface area contributed by atoms with E-state index in [1.165, 1.54) is 32.2 Å². The Morgan fingerprint density at radius 3 is 2.61 bits per heavy atom. The van der Waals surface area contributed by atoms with Crippen molar-refractivity contribution in [3.05, 3.63) is 23.2 Å². The Bertz CT molecular complexity index is 672. The molecule has 6 nitrogen and oxygen atoms in total. The lowest BCUT2D eigenvalue weighted by atomic mass is 10.2. The molecule has 1 amide bonds. The summed E-state index contributed by atoms with van der Waals surface area (Å²) in [5.41, 5.74) is 0. The highest BCUT2D eigenvalue weighted by Crippen LogP contribution is 2.27. The molecular weight excluding hydrogens is 340 g/mol. The molecule has 1 aliphatic rings. The van der Waals surface area contributed by atoms with Gasteiger partial charge >= 0.3 is 0 Å². The van der Waals surface area contributed by atoms with Crippen LogP contribution in [0.3, 0.4) is 0 Å². The maximum absolute atomic E-state index is 12.5. The molecule has 0 saturated heterocycles. The number of benzene rings is 1. The Kier molecular flexibility index (Phi) is 5.89. The van der Waals surface area contributed by atoms with Crippen molar-refractivity contribution in [2.24, 2.45) is 0 Å². The van der Waals surface area contributed by atoms with E-state index < -0.39 is 16.1 Å². The summed E-state index contributed by atoms with van der Waals surface area (Å²) in [6, 6.07) is 3.56. The van der Waals surface area contributed by atoms with Gasteiger partial charge in [-0.1, -0.05) is 24.4 Å². The van der Waals surface area contributed by atoms with Crippen molar-refractivity contribution in [2.75, 3.05) is 7.11 Å². The number of carbonyl (C=O) groups excluding carboxylic acids is 1. The SMILES string of the molecule is COc1ccc(Cl)cc1S(=O)(=O)N[C@@H](C)C(=O)NC1CCCC1. The van der Waals surface area contributed by atoms with Gasteiger partial charge in [0.15, 0.2) is 0 Å². The number of hydrogen-bond acceptors (Lipinski definition) is 4. The maximum Gasteiger partial charge on any atom is 0.245 e. The number of nitrogens with one attached hydrogen (secondary N) is 2. The summed E-state index contributed by atoms with van der Waals surface area (Å²) in [6.07, 6.45) is 4.05. The van der Waals surface area contributed by atoms with E-state index in [1.54, 1.807) is 0 Å². The van der Waals surface area contributed by atoms with Gasteiger partial charge in [-0.05, 0) is 38.0 Å². The van der Waals surface area contributed by atoms with Crippen molar-refractivity contribution in [3.63, 3.8) is 0 Å². The Morgan fingerprint density at radius 1 is 1.35 bits per heavy atom. The Hall–Kier alpha value is -1.31. The summed E-state index contributed by atoms with van der Waals surface area (Å²) in [6.45, 7) is 1.51. The zero-order chi connectivity index (χ0) is 17.0. The molecule has 0 spiro atoms. The van der Waals surface area contributed by atoms with Crippen molar-refractivity contribution in [1.29, 1.82) is 0 Å². The van der Waals surface area contributed by atoms with Crippen molar-refractivity contribution >= 4 is 27.5 Å². The number of sulfonamides is 1. The molecular formula is C15H21ClN2O4S. The molecule has 1 aliphatic carbocycles. The molecule has 1 atom stereocenters. The van der Waals surface area contributed by atoms with Crippen molar-refractivity contribution < 1.29 is 17.9 Å². The van der Waals surface area contributed by atoms with Crippen molar-refractivity contribution in [3.8, 4) is 5.75 Å². The Morgan fingerprint density at radius 2 is 2.00 bits per heavy atom. The second-order valence-electron chi connectivity index (χ2n) is 5.63. The maximum atomic E-state index is 12.5. The largest absolute Gasteiger partial charge is 0.495 e. The highest BCUT2D eigenvalue weighted by atomic mass is 35.5.